The van der Waals surface area contributed by atoms with Crippen LogP contribution < -0.4 is 23.7 Å². The van der Waals surface area contributed by atoms with Gasteiger partial charge in [0.2, 0.25) is 0 Å². The number of ether oxygens (including phenoxy) is 7. The van der Waals surface area contributed by atoms with E-state index in [9.17, 15) is 24.3 Å². The summed E-state index contributed by atoms with van der Waals surface area (Å²) in [4.78, 5) is 41.4. The van der Waals surface area contributed by atoms with Crippen LogP contribution in [0.2, 0.25) is 0 Å². The van der Waals surface area contributed by atoms with Crippen LogP contribution in [0.25, 0.3) is 12.2 Å². The van der Waals surface area contributed by atoms with E-state index >= 15 is 0 Å². The molecule has 0 spiro atoms. The zero-order valence-electron chi connectivity index (χ0n) is 31.3. The maximum atomic E-state index is 10.8. The number of Topliss-reactive ketones (excluding diaryl/α,β-unsaturated/α-hetero) is 1. The lowest BCUT2D eigenvalue weighted by Crippen LogP contribution is -2.01. The third-order valence-electron chi connectivity index (χ3n) is 5.40. The summed E-state index contributed by atoms with van der Waals surface area (Å²) < 4.78 is 35.3. The van der Waals surface area contributed by atoms with Crippen LogP contribution in [0.5, 0.6) is 34.5 Å². The maximum Gasteiger partial charge on any atom is 0.188 e. The van der Waals surface area contributed by atoms with Gasteiger partial charge in [0.15, 0.2) is 59.6 Å². The number of phenolic OH excluding ortho intramolecular Hbond substituents is 1. The molecule has 2 N–H and O–H groups in total. The molecule has 0 saturated carbocycles. The predicted molar refractivity (Wildman–Crippen MR) is 202 cm³/mol. The summed E-state index contributed by atoms with van der Waals surface area (Å²) in [5.41, 5.74) is 2.24. The third kappa shape index (κ3) is 24.0. The highest BCUT2D eigenvalue weighted by Gasteiger charge is 2.06. The average Bonchev–Trinajstić information content (AvgIpc) is 3.13. The van der Waals surface area contributed by atoms with Gasteiger partial charge in [0, 0.05) is 26.9 Å². The van der Waals surface area contributed by atoms with Crippen LogP contribution in [0.4, 0.5) is 0 Å². The van der Waals surface area contributed by atoms with Gasteiger partial charge in [0.05, 0.1) is 21.3 Å². The van der Waals surface area contributed by atoms with Gasteiger partial charge in [-0.2, -0.15) is 0 Å². The van der Waals surface area contributed by atoms with Gasteiger partial charge in [0.1, 0.15) is 12.1 Å². The van der Waals surface area contributed by atoms with Gasteiger partial charge >= 0.3 is 0 Å². The number of ketones is 3. The van der Waals surface area contributed by atoms with Crippen molar-refractivity contribution in [2.24, 2.45) is 0 Å². The number of carbonyl (C=O) groups excluding carboxylic acids is 4. The van der Waals surface area contributed by atoms with E-state index in [2.05, 4.69) is 0 Å². The number of aliphatic hydroxyl groups excluding tert-OH is 1. The summed E-state index contributed by atoms with van der Waals surface area (Å²) in [6.07, 6.45) is 7.12. The smallest absolute Gasteiger partial charge is 0.188 e. The summed E-state index contributed by atoms with van der Waals surface area (Å²) >= 11 is 0. The molecule has 0 saturated heterocycles. The molecule has 14 heteroatoms. The molecule has 0 amide bonds. The highest BCUT2D eigenvalue weighted by Crippen LogP contribution is 2.29. The molecule has 0 heterocycles. The molecular weight excluding hydrogens is 700 g/mol. The Hall–Kier alpha value is -5.21. The van der Waals surface area contributed by atoms with Gasteiger partial charge in [-0.05, 0) is 93.4 Å². The van der Waals surface area contributed by atoms with Gasteiger partial charge in [-0.3, -0.25) is 14.4 Å². The zero-order valence-corrected chi connectivity index (χ0v) is 32.1. The SMILES string of the molecule is CC(C)=O.CO.COCOc1ccc(/C=C/C(C)=O)cc1OC.COCOc1ccc(C=O)cc1OC.COc1cc(/C=C/C(C)=O)ccc1O.Cl. The molecule has 0 aromatic heterocycles. The molecule has 0 aliphatic rings. The van der Waals surface area contributed by atoms with Crippen LogP contribution in [0.15, 0.2) is 66.7 Å². The molecule has 3 aromatic carbocycles. The number of aldehydes is 1. The van der Waals surface area contributed by atoms with Crippen LogP contribution in [-0.4, -0.2) is 90.1 Å². The first-order chi connectivity index (χ1) is 24.3. The van der Waals surface area contributed by atoms with E-state index in [0.717, 1.165) is 24.5 Å². The quantitative estimate of drug-likeness (QED) is 0.105. The molecule has 0 aliphatic heterocycles. The minimum Gasteiger partial charge on any atom is -0.504 e. The summed E-state index contributed by atoms with van der Waals surface area (Å²) in [6, 6.07) is 15.2. The predicted octanol–water partition coefficient (Wildman–Crippen LogP) is 6.40. The number of phenols is 1. The Morgan fingerprint density at radius 2 is 0.923 bits per heavy atom. The largest absolute Gasteiger partial charge is 0.504 e. The number of allylic oxidation sites excluding steroid dienone is 2. The lowest BCUT2D eigenvalue weighted by molar-refractivity contribution is -0.115. The summed E-state index contributed by atoms with van der Waals surface area (Å²) in [5, 5.41) is 16.3. The first-order valence-electron chi connectivity index (χ1n) is 15.1. The second-order valence-electron chi connectivity index (χ2n) is 9.77. The Bertz CT molecular complexity index is 1530. The van der Waals surface area contributed by atoms with Gasteiger partial charge in [-0.25, -0.2) is 0 Å². The van der Waals surface area contributed by atoms with Gasteiger partial charge in [-0.15, -0.1) is 12.4 Å². The van der Waals surface area contributed by atoms with Crippen molar-refractivity contribution >= 4 is 48.2 Å². The Morgan fingerprint density at radius 1 is 0.577 bits per heavy atom. The Kier molecular flexibility index (Phi) is 31.2. The number of aliphatic hydroxyl groups is 1. The van der Waals surface area contributed by atoms with Crippen molar-refractivity contribution in [3.8, 4) is 34.5 Å². The number of benzene rings is 3. The summed E-state index contributed by atoms with van der Waals surface area (Å²) in [6.45, 7) is 6.35. The second-order valence-corrected chi connectivity index (χ2v) is 9.77. The molecule has 13 nitrogen and oxygen atoms in total. The van der Waals surface area contributed by atoms with Crippen LogP contribution in [0.1, 0.15) is 49.2 Å². The number of carbonyl (C=O) groups is 4. The normalized spacial score (nSPS) is 9.44. The van der Waals surface area contributed by atoms with E-state index in [1.807, 2.05) is 6.07 Å². The molecule has 0 unspecified atom stereocenters. The van der Waals surface area contributed by atoms with Crippen molar-refractivity contribution in [1.29, 1.82) is 0 Å². The fourth-order valence-electron chi connectivity index (χ4n) is 3.25. The van der Waals surface area contributed by atoms with Crippen molar-refractivity contribution in [3.63, 3.8) is 0 Å². The molecule has 0 radical (unpaired) electrons. The van der Waals surface area contributed by atoms with E-state index in [0.29, 0.717) is 34.3 Å². The summed E-state index contributed by atoms with van der Waals surface area (Å²) in [7, 11) is 8.65. The number of methoxy groups -OCH3 is 5. The van der Waals surface area contributed by atoms with E-state index in [1.54, 1.807) is 68.8 Å². The number of aromatic hydroxyl groups is 1. The standard InChI is InChI=1S/C13H16O4.C11H12O3.C10H12O4.C3H6O.CH4O.ClH/c1-10(14)4-5-11-6-7-12(17-9-15-2)13(8-11)16-3;1-8(12)3-4-9-5-6-10(13)11(7-9)14-2;1-12-7-14-9-4-3-8(6-11)5-10(9)13-2;1-3(2)4;1-2;/h4-8H,9H2,1-3H3;3-7,13H,1-2H3;3-6H,7H2,1-2H3;1-2H3;2H,1H3;1H/b5-4+;4-3+;;;;. The number of hydrogen-bond donors (Lipinski definition) is 2. The number of hydrogen-bond acceptors (Lipinski definition) is 13. The molecule has 3 aromatic rings. The van der Waals surface area contributed by atoms with Crippen LogP contribution in [0.3, 0.4) is 0 Å². The van der Waals surface area contributed by atoms with Crippen molar-refractivity contribution in [2.75, 3.05) is 56.2 Å². The lowest BCUT2D eigenvalue weighted by atomic mass is 10.2. The van der Waals surface area contributed by atoms with Gasteiger partial charge < -0.3 is 48.2 Å². The van der Waals surface area contributed by atoms with Crippen molar-refractivity contribution in [2.45, 2.75) is 27.7 Å². The third-order valence-corrected chi connectivity index (χ3v) is 5.40. The van der Waals surface area contributed by atoms with Crippen molar-refractivity contribution < 1.29 is 62.5 Å². The van der Waals surface area contributed by atoms with E-state index in [-0.39, 0.29) is 49.1 Å². The Morgan fingerprint density at radius 3 is 1.27 bits per heavy atom. The van der Waals surface area contributed by atoms with Gasteiger partial charge in [-0.1, -0.05) is 24.3 Å². The topological polar surface area (TPSA) is 173 Å². The second kappa shape index (κ2) is 31.7. The zero-order chi connectivity index (χ0) is 39.2. The number of halogens is 1. The molecule has 52 heavy (non-hydrogen) atoms. The van der Waals surface area contributed by atoms with Crippen LogP contribution in [-0.2, 0) is 23.9 Å². The maximum absolute atomic E-state index is 10.8. The molecule has 3 rings (SSSR count). The first kappa shape index (κ1) is 51.2. The van der Waals surface area contributed by atoms with E-state index < -0.39 is 0 Å². The fourth-order valence-corrected chi connectivity index (χ4v) is 3.25. The minimum absolute atomic E-state index is 0. The van der Waals surface area contributed by atoms with Crippen LogP contribution >= 0.6 is 12.4 Å². The lowest BCUT2D eigenvalue weighted by Gasteiger charge is -2.10. The van der Waals surface area contributed by atoms with Crippen LogP contribution in [0, 0.1) is 0 Å². The molecular formula is C38H51ClO13. The fraction of sp³-hybridized carbons (Fsp3) is 0.316. The van der Waals surface area contributed by atoms with E-state index in [1.165, 1.54) is 67.2 Å². The highest BCUT2D eigenvalue weighted by molar-refractivity contribution is 5.92. The first-order valence-corrected chi connectivity index (χ1v) is 15.1. The molecule has 288 valence electrons. The average molecular weight is 751 g/mol. The Balaban J connectivity index is -0.000000639. The van der Waals surface area contributed by atoms with Crippen molar-refractivity contribution in [3.05, 3.63) is 83.4 Å². The minimum atomic E-state index is -0.0166. The monoisotopic (exact) mass is 750 g/mol. The highest BCUT2D eigenvalue weighted by atomic mass is 35.5. The van der Waals surface area contributed by atoms with E-state index in [4.69, 9.17) is 38.3 Å². The Labute approximate surface area is 312 Å². The van der Waals surface area contributed by atoms with Crippen molar-refractivity contribution in [1.82, 2.24) is 0 Å². The molecule has 0 fully saturated rings. The number of rotatable bonds is 14. The molecule has 0 atom stereocenters. The van der Waals surface area contributed by atoms with Gasteiger partial charge in [0.25, 0.3) is 0 Å². The summed E-state index contributed by atoms with van der Waals surface area (Å²) in [5.74, 6) is 2.93. The molecule has 0 bridgehead atoms. The molecule has 0 aliphatic carbocycles.